The second kappa shape index (κ2) is 7.35. The van der Waals surface area contributed by atoms with Crippen LogP contribution in [0, 0.1) is 5.92 Å². The molecule has 0 aliphatic carbocycles. The molecule has 0 saturated heterocycles. The van der Waals surface area contributed by atoms with Crippen molar-refractivity contribution in [1.82, 2.24) is 0 Å². The highest BCUT2D eigenvalue weighted by atomic mass is 16.3. The van der Waals surface area contributed by atoms with Gasteiger partial charge in [-0.15, -0.1) is 0 Å². The van der Waals surface area contributed by atoms with Crippen molar-refractivity contribution in [3.8, 4) is 5.75 Å². The first kappa shape index (κ1) is 18.1. The predicted molar refractivity (Wildman–Crippen MR) is 81.3 cm³/mol. The Kier molecular flexibility index (Phi) is 6.04. The number of nitrogen functional groups attached to an aromatic ring is 1. The van der Waals surface area contributed by atoms with E-state index in [9.17, 15) is 24.9 Å². The molecule has 7 heteroatoms. The van der Waals surface area contributed by atoms with Crippen molar-refractivity contribution in [3.63, 3.8) is 0 Å². The lowest BCUT2D eigenvalue weighted by atomic mass is 9.88. The Labute approximate surface area is 128 Å². The van der Waals surface area contributed by atoms with Crippen molar-refractivity contribution in [2.45, 2.75) is 38.5 Å². The van der Waals surface area contributed by atoms with Gasteiger partial charge in [-0.25, -0.2) is 0 Å². The second-order valence-corrected chi connectivity index (χ2v) is 5.26. The van der Waals surface area contributed by atoms with Crippen LogP contribution in [0.1, 0.15) is 30.6 Å². The quantitative estimate of drug-likeness (QED) is 0.347. The summed E-state index contributed by atoms with van der Waals surface area (Å²) in [7, 11) is 0. The number of aliphatic hydroxyl groups excluding tert-OH is 2. The Bertz CT molecular complexity index is 561. The fraction of sp³-hybridized carbons (Fsp3) is 0.467. The van der Waals surface area contributed by atoms with Crippen LogP contribution in [0.3, 0.4) is 0 Å². The molecule has 0 aliphatic rings. The van der Waals surface area contributed by atoms with E-state index in [0.717, 1.165) is 0 Å². The number of hydrogen-bond acceptors (Lipinski definition) is 7. The van der Waals surface area contributed by atoms with E-state index >= 15 is 0 Å². The average molecular weight is 310 g/mol. The van der Waals surface area contributed by atoms with Crippen molar-refractivity contribution < 1.29 is 24.9 Å². The van der Waals surface area contributed by atoms with Gasteiger partial charge in [0.05, 0.1) is 12.1 Å². The SMILES string of the molecule is CCC(=O)C(C)C(O)C(N)C(O)C(=O)c1ccc(O)cc1N. The first-order chi connectivity index (χ1) is 10.2. The Morgan fingerprint density at radius 1 is 1.27 bits per heavy atom. The number of aromatic hydroxyl groups is 1. The molecule has 1 rings (SSSR count). The number of rotatable bonds is 7. The molecule has 0 bridgehead atoms. The van der Waals surface area contributed by atoms with Gasteiger partial charge in [0.25, 0.3) is 0 Å². The van der Waals surface area contributed by atoms with Crippen LogP contribution in [0.25, 0.3) is 0 Å². The van der Waals surface area contributed by atoms with Crippen molar-refractivity contribution in [2.75, 3.05) is 5.73 Å². The summed E-state index contributed by atoms with van der Waals surface area (Å²) < 4.78 is 0. The lowest BCUT2D eigenvalue weighted by molar-refractivity contribution is -0.126. The molecule has 4 atom stereocenters. The summed E-state index contributed by atoms with van der Waals surface area (Å²) in [6.45, 7) is 3.14. The van der Waals surface area contributed by atoms with Crippen molar-refractivity contribution >= 4 is 17.3 Å². The molecule has 7 nitrogen and oxygen atoms in total. The van der Waals surface area contributed by atoms with E-state index < -0.39 is 30.0 Å². The minimum absolute atomic E-state index is 0.0107. The number of phenolic OH excluding ortho intramolecular Hbond substituents is 1. The highest BCUT2D eigenvalue weighted by Crippen LogP contribution is 2.22. The number of carbonyl (C=O) groups excluding carboxylic acids is 2. The van der Waals surface area contributed by atoms with Crippen molar-refractivity contribution in [1.29, 1.82) is 0 Å². The number of carbonyl (C=O) groups is 2. The Morgan fingerprint density at radius 3 is 2.36 bits per heavy atom. The van der Waals surface area contributed by atoms with Crippen LogP contribution in [0.15, 0.2) is 18.2 Å². The third kappa shape index (κ3) is 3.82. The highest BCUT2D eigenvalue weighted by Gasteiger charge is 2.35. The topological polar surface area (TPSA) is 147 Å². The number of anilines is 1. The molecule has 0 aromatic heterocycles. The second-order valence-electron chi connectivity index (χ2n) is 5.26. The van der Waals surface area contributed by atoms with Gasteiger partial charge >= 0.3 is 0 Å². The number of hydrogen-bond donors (Lipinski definition) is 5. The normalized spacial score (nSPS) is 16.6. The van der Waals surface area contributed by atoms with E-state index in [1.807, 2.05) is 0 Å². The minimum Gasteiger partial charge on any atom is -0.508 e. The predicted octanol–water partition coefficient (Wildman–Crippen LogP) is -0.179. The summed E-state index contributed by atoms with van der Waals surface area (Å²) in [4.78, 5) is 23.8. The molecule has 0 fully saturated rings. The number of aliphatic hydroxyl groups is 2. The lowest BCUT2D eigenvalue weighted by Gasteiger charge is -2.27. The maximum Gasteiger partial charge on any atom is 0.195 e. The largest absolute Gasteiger partial charge is 0.508 e. The summed E-state index contributed by atoms with van der Waals surface area (Å²) >= 11 is 0. The van der Waals surface area contributed by atoms with Gasteiger partial charge in [-0.3, -0.25) is 9.59 Å². The van der Waals surface area contributed by atoms with Crippen LogP contribution in [0.4, 0.5) is 5.69 Å². The summed E-state index contributed by atoms with van der Waals surface area (Å²) in [6.07, 6.45) is -2.85. The Morgan fingerprint density at radius 2 is 1.86 bits per heavy atom. The summed E-state index contributed by atoms with van der Waals surface area (Å²) in [5.41, 5.74) is 11.3. The van der Waals surface area contributed by atoms with E-state index in [4.69, 9.17) is 11.5 Å². The summed E-state index contributed by atoms with van der Waals surface area (Å²) in [5.74, 6) is -1.90. The molecule has 0 saturated carbocycles. The van der Waals surface area contributed by atoms with Crippen LogP contribution in [0.2, 0.25) is 0 Å². The number of nitrogens with two attached hydrogens (primary N) is 2. The van der Waals surface area contributed by atoms with Crippen LogP contribution >= 0.6 is 0 Å². The standard InChI is InChI=1S/C15H22N2O5/c1-3-11(19)7(2)13(20)12(17)15(22)14(21)9-5-4-8(18)6-10(9)16/h4-7,12-13,15,18,20,22H,3,16-17H2,1-2H3. The fourth-order valence-electron chi connectivity index (χ4n) is 2.14. The first-order valence-electron chi connectivity index (χ1n) is 6.97. The van der Waals surface area contributed by atoms with E-state index in [2.05, 4.69) is 0 Å². The number of ketones is 2. The first-order valence-corrected chi connectivity index (χ1v) is 6.97. The third-order valence-electron chi connectivity index (χ3n) is 3.70. The lowest BCUT2D eigenvalue weighted by Crippen LogP contribution is -2.52. The monoisotopic (exact) mass is 310 g/mol. The van der Waals surface area contributed by atoms with Gasteiger partial charge in [0.1, 0.15) is 17.6 Å². The molecule has 122 valence electrons. The fourth-order valence-corrected chi connectivity index (χ4v) is 2.14. The summed E-state index contributed by atoms with van der Waals surface area (Å²) in [6, 6.07) is 2.36. The van der Waals surface area contributed by atoms with Crippen LogP contribution in [-0.4, -0.2) is 45.1 Å². The van der Waals surface area contributed by atoms with Crippen molar-refractivity contribution in [2.24, 2.45) is 11.7 Å². The van der Waals surface area contributed by atoms with E-state index in [1.165, 1.54) is 25.1 Å². The molecule has 1 aromatic rings. The van der Waals surface area contributed by atoms with Gasteiger partial charge in [0.2, 0.25) is 0 Å². The zero-order valence-electron chi connectivity index (χ0n) is 12.6. The van der Waals surface area contributed by atoms with E-state index in [-0.39, 0.29) is 29.2 Å². The van der Waals surface area contributed by atoms with Crippen LogP contribution in [0.5, 0.6) is 5.75 Å². The number of phenols is 1. The molecule has 1 aromatic carbocycles. The maximum absolute atomic E-state index is 12.2. The smallest absolute Gasteiger partial charge is 0.195 e. The maximum atomic E-state index is 12.2. The number of benzene rings is 1. The summed E-state index contributed by atoms with van der Waals surface area (Å²) in [5, 5.41) is 29.3. The highest BCUT2D eigenvalue weighted by molar-refractivity contribution is 6.04. The molecule has 22 heavy (non-hydrogen) atoms. The van der Waals surface area contributed by atoms with Gasteiger partial charge in [-0.1, -0.05) is 13.8 Å². The molecule has 0 spiro atoms. The van der Waals surface area contributed by atoms with E-state index in [0.29, 0.717) is 0 Å². The Hall–Kier alpha value is -1.96. The van der Waals surface area contributed by atoms with Gasteiger partial charge in [0.15, 0.2) is 5.78 Å². The van der Waals surface area contributed by atoms with Crippen LogP contribution in [-0.2, 0) is 4.79 Å². The zero-order chi connectivity index (χ0) is 17.0. The molecule has 0 aliphatic heterocycles. The van der Waals surface area contributed by atoms with Gasteiger partial charge in [-0.2, -0.15) is 0 Å². The Balaban J connectivity index is 2.92. The number of Topliss-reactive ketones (excluding diaryl/α,β-unsaturated/α-hetero) is 2. The zero-order valence-corrected chi connectivity index (χ0v) is 12.6. The van der Waals surface area contributed by atoms with Gasteiger partial charge < -0.3 is 26.8 Å². The molecule has 0 heterocycles. The van der Waals surface area contributed by atoms with E-state index in [1.54, 1.807) is 6.92 Å². The molecule has 4 unspecified atom stereocenters. The molecular formula is C15H22N2O5. The van der Waals surface area contributed by atoms with Gasteiger partial charge in [0, 0.05) is 29.7 Å². The average Bonchev–Trinajstić information content (AvgIpc) is 2.50. The minimum atomic E-state index is -1.71. The molecular weight excluding hydrogens is 288 g/mol. The van der Waals surface area contributed by atoms with Crippen LogP contribution < -0.4 is 11.5 Å². The molecule has 0 radical (unpaired) electrons. The third-order valence-corrected chi connectivity index (χ3v) is 3.70. The molecule has 7 N–H and O–H groups in total. The molecule has 0 amide bonds. The van der Waals surface area contributed by atoms with Crippen molar-refractivity contribution in [3.05, 3.63) is 23.8 Å². The van der Waals surface area contributed by atoms with Gasteiger partial charge in [-0.05, 0) is 12.1 Å².